The average Bonchev–Trinajstić information content (AvgIpc) is 2.76. The van der Waals surface area contributed by atoms with E-state index in [9.17, 15) is 14.4 Å². The van der Waals surface area contributed by atoms with Crippen molar-refractivity contribution in [1.82, 2.24) is 10.1 Å². The summed E-state index contributed by atoms with van der Waals surface area (Å²) in [6.07, 6.45) is 0.484. The highest BCUT2D eigenvalue weighted by atomic mass is 16.5. The number of imide groups is 1. The highest BCUT2D eigenvalue weighted by Crippen LogP contribution is 2.26. The second kappa shape index (κ2) is 4.87. The van der Waals surface area contributed by atoms with Gasteiger partial charge in [-0.3, -0.25) is 19.7 Å². The summed E-state index contributed by atoms with van der Waals surface area (Å²) in [5, 5.41) is 2.70. The molecule has 1 aromatic carbocycles. The van der Waals surface area contributed by atoms with Crippen molar-refractivity contribution in [3.8, 4) is 0 Å². The highest BCUT2D eigenvalue weighted by Gasteiger charge is 2.31. The third-order valence-corrected chi connectivity index (χ3v) is 3.78. The van der Waals surface area contributed by atoms with E-state index in [4.69, 9.17) is 4.52 Å². The third-order valence-electron chi connectivity index (χ3n) is 3.78. The van der Waals surface area contributed by atoms with E-state index in [0.29, 0.717) is 11.0 Å². The first-order valence-electron chi connectivity index (χ1n) is 6.97. The molecule has 110 valence electrons. The summed E-state index contributed by atoms with van der Waals surface area (Å²) in [7, 11) is 0. The lowest BCUT2D eigenvalue weighted by Crippen LogP contribution is -2.43. The molecular weight excluding hydrogens is 272 g/mol. The number of fused-ring (bicyclic) bond motifs is 1. The number of carbonyl (C=O) groups is 2. The number of rotatable bonds is 2. The van der Waals surface area contributed by atoms with Crippen molar-refractivity contribution in [2.75, 3.05) is 0 Å². The van der Waals surface area contributed by atoms with Crippen LogP contribution in [0, 0.1) is 0 Å². The average molecular weight is 288 g/mol. The fourth-order valence-electron chi connectivity index (χ4n) is 2.65. The molecule has 1 saturated heterocycles. The fourth-order valence-corrected chi connectivity index (χ4v) is 2.65. The van der Waals surface area contributed by atoms with Crippen LogP contribution in [0.5, 0.6) is 0 Å². The number of carbonyl (C=O) groups excluding carboxylic acids is 2. The van der Waals surface area contributed by atoms with E-state index in [2.05, 4.69) is 5.32 Å². The summed E-state index contributed by atoms with van der Waals surface area (Å²) >= 11 is 0. The van der Waals surface area contributed by atoms with Gasteiger partial charge >= 0.3 is 0 Å². The van der Waals surface area contributed by atoms with Crippen molar-refractivity contribution in [3.63, 3.8) is 0 Å². The van der Waals surface area contributed by atoms with E-state index in [1.165, 1.54) is 0 Å². The Kier molecular flexibility index (Phi) is 3.16. The standard InChI is InChI=1S/C15H16N2O4/c1-8(2)9-4-3-5-10-13(9)21-17(15(10)20)11-6-7-12(18)16-14(11)19/h3-5,8,11H,6-7H2,1-2H3,(H,16,18,19). The molecule has 0 aliphatic carbocycles. The van der Waals surface area contributed by atoms with Crippen LogP contribution in [0.1, 0.15) is 44.2 Å². The zero-order chi connectivity index (χ0) is 15.1. The van der Waals surface area contributed by atoms with Crippen LogP contribution >= 0.6 is 0 Å². The first kappa shape index (κ1) is 13.6. The van der Waals surface area contributed by atoms with Gasteiger partial charge in [-0.2, -0.15) is 4.74 Å². The molecule has 6 heteroatoms. The molecule has 1 N–H and O–H groups in total. The van der Waals surface area contributed by atoms with Gasteiger partial charge in [0.15, 0.2) is 5.58 Å². The Morgan fingerprint density at radius 3 is 2.71 bits per heavy atom. The molecule has 1 aliphatic rings. The molecule has 1 atom stereocenters. The Morgan fingerprint density at radius 2 is 2.05 bits per heavy atom. The second-order valence-electron chi connectivity index (χ2n) is 5.57. The van der Waals surface area contributed by atoms with Gasteiger partial charge in [-0.15, -0.1) is 0 Å². The number of nitrogens with one attached hydrogen (secondary N) is 1. The van der Waals surface area contributed by atoms with Crippen LogP contribution in [0.3, 0.4) is 0 Å². The lowest BCUT2D eigenvalue weighted by atomic mass is 10.0. The van der Waals surface area contributed by atoms with Crippen molar-refractivity contribution in [2.24, 2.45) is 0 Å². The van der Waals surface area contributed by atoms with E-state index >= 15 is 0 Å². The molecule has 0 saturated carbocycles. The lowest BCUT2D eigenvalue weighted by molar-refractivity contribution is -0.137. The molecule has 1 unspecified atom stereocenters. The minimum atomic E-state index is -0.761. The Balaban J connectivity index is 2.14. The second-order valence-corrected chi connectivity index (χ2v) is 5.57. The van der Waals surface area contributed by atoms with Gasteiger partial charge in [-0.1, -0.05) is 26.0 Å². The monoisotopic (exact) mass is 288 g/mol. The summed E-state index contributed by atoms with van der Waals surface area (Å²) in [4.78, 5) is 35.5. The SMILES string of the molecule is CC(C)c1cccc2c(=O)n(C3CCC(=O)NC3=O)oc12. The third kappa shape index (κ3) is 2.16. The summed E-state index contributed by atoms with van der Waals surface area (Å²) in [5.41, 5.74) is 1.11. The molecule has 1 aliphatic heterocycles. The van der Waals surface area contributed by atoms with E-state index < -0.39 is 11.9 Å². The Labute approximate surface area is 120 Å². The number of amides is 2. The van der Waals surface area contributed by atoms with E-state index in [-0.39, 0.29) is 30.2 Å². The maximum absolute atomic E-state index is 12.4. The summed E-state index contributed by atoms with van der Waals surface area (Å²) in [6, 6.07) is 4.64. The first-order valence-corrected chi connectivity index (χ1v) is 6.97. The van der Waals surface area contributed by atoms with E-state index in [1.807, 2.05) is 26.0 Å². The minimum absolute atomic E-state index is 0.203. The Hall–Kier alpha value is -2.37. The van der Waals surface area contributed by atoms with Crippen LogP contribution in [0.2, 0.25) is 0 Å². The van der Waals surface area contributed by atoms with Crippen molar-refractivity contribution in [1.29, 1.82) is 0 Å². The smallest absolute Gasteiger partial charge is 0.291 e. The predicted octanol–water partition coefficient (Wildman–Crippen LogP) is 1.70. The number of hydrogen-bond donors (Lipinski definition) is 1. The topological polar surface area (TPSA) is 81.3 Å². The van der Waals surface area contributed by atoms with Gasteiger partial charge in [0, 0.05) is 12.0 Å². The normalized spacial score (nSPS) is 19.3. The Bertz CT molecular complexity index is 785. The van der Waals surface area contributed by atoms with Gasteiger partial charge in [-0.05, 0) is 18.4 Å². The molecule has 21 heavy (non-hydrogen) atoms. The van der Waals surface area contributed by atoms with Gasteiger partial charge in [0.25, 0.3) is 11.5 Å². The first-order chi connectivity index (χ1) is 9.99. The number of hydrogen-bond acceptors (Lipinski definition) is 4. The molecule has 0 bridgehead atoms. The number of benzene rings is 1. The van der Waals surface area contributed by atoms with Gasteiger partial charge < -0.3 is 4.52 Å². The highest BCUT2D eigenvalue weighted by molar-refractivity contribution is 5.99. The van der Waals surface area contributed by atoms with Crippen molar-refractivity contribution in [3.05, 3.63) is 34.1 Å². The van der Waals surface area contributed by atoms with Crippen LogP contribution in [0.4, 0.5) is 0 Å². The number of para-hydroxylation sites is 1. The Morgan fingerprint density at radius 1 is 1.29 bits per heavy atom. The van der Waals surface area contributed by atoms with Gasteiger partial charge in [0.05, 0.1) is 5.39 Å². The summed E-state index contributed by atoms with van der Waals surface area (Å²) < 4.78 is 6.76. The van der Waals surface area contributed by atoms with Gasteiger partial charge in [0.2, 0.25) is 5.91 Å². The van der Waals surface area contributed by atoms with Crippen molar-refractivity contribution < 1.29 is 14.1 Å². The molecule has 6 nitrogen and oxygen atoms in total. The molecule has 2 aromatic rings. The molecule has 2 amide bonds. The quantitative estimate of drug-likeness (QED) is 0.853. The lowest BCUT2D eigenvalue weighted by Gasteiger charge is -2.19. The molecule has 0 radical (unpaired) electrons. The van der Waals surface area contributed by atoms with E-state index in [0.717, 1.165) is 10.3 Å². The molecule has 3 rings (SSSR count). The maximum Gasteiger partial charge on any atom is 0.291 e. The molecule has 2 heterocycles. The fraction of sp³-hybridized carbons (Fsp3) is 0.400. The van der Waals surface area contributed by atoms with Gasteiger partial charge in [0.1, 0.15) is 6.04 Å². The van der Waals surface area contributed by atoms with Crippen LogP contribution in [0.15, 0.2) is 27.5 Å². The van der Waals surface area contributed by atoms with Gasteiger partial charge in [-0.25, -0.2) is 0 Å². The van der Waals surface area contributed by atoms with Crippen LogP contribution in [-0.2, 0) is 9.59 Å². The minimum Gasteiger partial charge on any atom is -0.375 e. The molecular formula is C15H16N2O4. The maximum atomic E-state index is 12.4. The molecule has 1 aromatic heterocycles. The summed E-state index contributed by atoms with van der Waals surface area (Å²) in [6.45, 7) is 4.02. The zero-order valence-corrected chi connectivity index (χ0v) is 11.9. The van der Waals surface area contributed by atoms with Crippen LogP contribution in [0.25, 0.3) is 11.0 Å². The number of piperidine rings is 1. The van der Waals surface area contributed by atoms with Crippen molar-refractivity contribution in [2.45, 2.75) is 38.6 Å². The number of aromatic nitrogens is 1. The summed E-state index contributed by atoms with van der Waals surface area (Å²) in [5.74, 6) is -0.601. The van der Waals surface area contributed by atoms with Crippen molar-refractivity contribution >= 4 is 22.8 Å². The molecule has 1 fully saturated rings. The largest absolute Gasteiger partial charge is 0.375 e. The van der Waals surface area contributed by atoms with E-state index in [1.54, 1.807) is 6.07 Å². The zero-order valence-electron chi connectivity index (χ0n) is 11.9. The predicted molar refractivity (Wildman–Crippen MR) is 76.0 cm³/mol. The number of nitrogens with zero attached hydrogens (tertiary/aromatic N) is 1. The molecule has 0 spiro atoms. The van der Waals surface area contributed by atoms with Crippen LogP contribution in [-0.4, -0.2) is 16.6 Å². The van der Waals surface area contributed by atoms with Crippen LogP contribution < -0.4 is 10.9 Å².